The van der Waals surface area contributed by atoms with Gasteiger partial charge in [-0.15, -0.1) is 0 Å². The van der Waals surface area contributed by atoms with Gasteiger partial charge in [-0.3, -0.25) is 0 Å². The SMILES string of the molecule is CNCc1cncn1Cc1ccccc1OC. The van der Waals surface area contributed by atoms with Gasteiger partial charge in [0.15, 0.2) is 0 Å². The van der Waals surface area contributed by atoms with Crippen LogP contribution in [0.2, 0.25) is 0 Å². The van der Waals surface area contributed by atoms with E-state index >= 15 is 0 Å². The predicted molar refractivity (Wildman–Crippen MR) is 67.1 cm³/mol. The summed E-state index contributed by atoms with van der Waals surface area (Å²) in [6.07, 6.45) is 3.73. The molecular formula is C13H17N3O. The Labute approximate surface area is 101 Å². The van der Waals surface area contributed by atoms with Crippen molar-refractivity contribution in [2.45, 2.75) is 13.1 Å². The van der Waals surface area contributed by atoms with Crippen molar-refractivity contribution in [3.63, 3.8) is 0 Å². The minimum absolute atomic E-state index is 0.779. The molecule has 0 unspecified atom stereocenters. The molecule has 0 aliphatic carbocycles. The standard InChI is InChI=1S/C13H17N3O/c1-14-7-12-8-15-10-16(12)9-11-5-3-4-6-13(11)17-2/h3-6,8,10,14H,7,9H2,1-2H3. The van der Waals surface area contributed by atoms with Crippen molar-refractivity contribution in [1.82, 2.24) is 14.9 Å². The summed E-state index contributed by atoms with van der Waals surface area (Å²) in [5.41, 5.74) is 2.32. The highest BCUT2D eigenvalue weighted by Crippen LogP contribution is 2.18. The molecule has 0 bridgehead atoms. The van der Waals surface area contributed by atoms with Crippen LogP contribution in [0.25, 0.3) is 0 Å². The molecule has 0 aliphatic rings. The summed E-state index contributed by atoms with van der Waals surface area (Å²) in [5, 5.41) is 3.13. The van der Waals surface area contributed by atoms with Crippen molar-refractivity contribution in [2.75, 3.05) is 14.2 Å². The van der Waals surface area contributed by atoms with E-state index in [0.717, 1.165) is 24.4 Å². The highest BCUT2D eigenvalue weighted by atomic mass is 16.5. The second-order valence-corrected chi connectivity index (χ2v) is 3.86. The van der Waals surface area contributed by atoms with Crippen LogP contribution in [0.1, 0.15) is 11.3 Å². The lowest BCUT2D eigenvalue weighted by atomic mass is 10.2. The van der Waals surface area contributed by atoms with E-state index < -0.39 is 0 Å². The molecule has 90 valence electrons. The fourth-order valence-electron chi connectivity index (χ4n) is 1.84. The quantitative estimate of drug-likeness (QED) is 0.850. The maximum absolute atomic E-state index is 5.34. The molecule has 0 aliphatic heterocycles. The van der Waals surface area contributed by atoms with E-state index in [4.69, 9.17) is 4.74 Å². The van der Waals surface area contributed by atoms with E-state index in [0.29, 0.717) is 0 Å². The molecule has 4 nitrogen and oxygen atoms in total. The van der Waals surface area contributed by atoms with Gasteiger partial charge in [-0.25, -0.2) is 4.98 Å². The zero-order chi connectivity index (χ0) is 12.1. The molecular weight excluding hydrogens is 214 g/mol. The van der Waals surface area contributed by atoms with Crippen LogP contribution in [0.5, 0.6) is 5.75 Å². The summed E-state index contributed by atoms with van der Waals surface area (Å²) in [7, 11) is 3.63. The molecule has 0 spiro atoms. The number of hydrogen-bond acceptors (Lipinski definition) is 3. The summed E-state index contributed by atoms with van der Waals surface area (Å²) in [6, 6.07) is 8.04. The minimum atomic E-state index is 0.779. The number of imidazole rings is 1. The first-order valence-electron chi connectivity index (χ1n) is 5.60. The molecule has 0 fully saturated rings. The lowest BCUT2D eigenvalue weighted by Crippen LogP contribution is -2.11. The second-order valence-electron chi connectivity index (χ2n) is 3.86. The lowest BCUT2D eigenvalue weighted by molar-refractivity contribution is 0.408. The molecule has 0 saturated heterocycles. The molecule has 2 aromatic rings. The van der Waals surface area contributed by atoms with Crippen LogP contribution >= 0.6 is 0 Å². The van der Waals surface area contributed by atoms with Crippen LogP contribution in [0.3, 0.4) is 0 Å². The van der Waals surface area contributed by atoms with Gasteiger partial charge in [-0.2, -0.15) is 0 Å². The zero-order valence-electron chi connectivity index (χ0n) is 10.2. The van der Waals surface area contributed by atoms with Crippen molar-refractivity contribution >= 4 is 0 Å². The van der Waals surface area contributed by atoms with Crippen LogP contribution in [0.15, 0.2) is 36.8 Å². The molecule has 0 saturated carbocycles. The van der Waals surface area contributed by atoms with Gasteiger partial charge in [0.1, 0.15) is 5.75 Å². The molecule has 1 heterocycles. The Hall–Kier alpha value is -1.81. The monoisotopic (exact) mass is 231 g/mol. The average Bonchev–Trinajstić information content (AvgIpc) is 2.78. The van der Waals surface area contributed by atoms with E-state index in [2.05, 4.69) is 20.9 Å². The second kappa shape index (κ2) is 5.50. The number of para-hydroxylation sites is 1. The third-order valence-electron chi connectivity index (χ3n) is 2.69. The Kier molecular flexibility index (Phi) is 3.77. The fraction of sp³-hybridized carbons (Fsp3) is 0.308. The van der Waals surface area contributed by atoms with Gasteiger partial charge in [0.2, 0.25) is 0 Å². The number of nitrogens with zero attached hydrogens (tertiary/aromatic N) is 2. The Morgan fingerprint density at radius 1 is 1.35 bits per heavy atom. The molecule has 2 rings (SSSR count). The normalized spacial score (nSPS) is 10.5. The largest absolute Gasteiger partial charge is 0.496 e. The molecule has 1 aromatic carbocycles. The lowest BCUT2D eigenvalue weighted by Gasteiger charge is -2.11. The van der Waals surface area contributed by atoms with Gasteiger partial charge in [0.05, 0.1) is 25.7 Å². The molecule has 0 amide bonds. The Morgan fingerprint density at radius 3 is 2.94 bits per heavy atom. The predicted octanol–water partition coefficient (Wildman–Crippen LogP) is 1.66. The van der Waals surface area contributed by atoms with Gasteiger partial charge in [-0.1, -0.05) is 18.2 Å². The smallest absolute Gasteiger partial charge is 0.123 e. The molecule has 1 aromatic heterocycles. The van der Waals surface area contributed by atoms with Crippen molar-refractivity contribution < 1.29 is 4.74 Å². The van der Waals surface area contributed by atoms with Crippen LogP contribution in [-0.2, 0) is 13.1 Å². The minimum Gasteiger partial charge on any atom is -0.496 e. The Balaban J connectivity index is 2.22. The van der Waals surface area contributed by atoms with Crippen LogP contribution in [0.4, 0.5) is 0 Å². The fourth-order valence-corrected chi connectivity index (χ4v) is 1.84. The number of nitrogens with one attached hydrogen (secondary N) is 1. The first-order chi connectivity index (χ1) is 8.35. The maximum atomic E-state index is 5.34. The molecule has 4 heteroatoms. The van der Waals surface area contributed by atoms with E-state index in [-0.39, 0.29) is 0 Å². The van der Waals surface area contributed by atoms with Crippen LogP contribution in [-0.4, -0.2) is 23.7 Å². The first kappa shape index (κ1) is 11.7. The van der Waals surface area contributed by atoms with Crippen molar-refractivity contribution in [3.8, 4) is 5.75 Å². The summed E-state index contributed by atoms with van der Waals surface area (Å²) < 4.78 is 7.46. The number of benzene rings is 1. The molecule has 0 atom stereocenters. The third kappa shape index (κ3) is 2.65. The van der Waals surface area contributed by atoms with Gasteiger partial charge in [0.25, 0.3) is 0 Å². The number of hydrogen-bond donors (Lipinski definition) is 1. The molecule has 1 N–H and O–H groups in total. The van der Waals surface area contributed by atoms with Crippen molar-refractivity contribution in [3.05, 3.63) is 48.0 Å². The first-order valence-corrected chi connectivity index (χ1v) is 5.60. The summed E-state index contributed by atoms with van der Waals surface area (Å²) >= 11 is 0. The zero-order valence-corrected chi connectivity index (χ0v) is 10.2. The Morgan fingerprint density at radius 2 is 2.18 bits per heavy atom. The summed E-state index contributed by atoms with van der Waals surface area (Å²) in [4.78, 5) is 4.17. The topological polar surface area (TPSA) is 39.1 Å². The van der Waals surface area contributed by atoms with Gasteiger partial charge >= 0.3 is 0 Å². The van der Waals surface area contributed by atoms with E-state index in [1.54, 1.807) is 7.11 Å². The molecule has 0 radical (unpaired) electrons. The highest BCUT2D eigenvalue weighted by Gasteiger charge is 2.05. The average molecular weight is 231 g/mol. The maximum Gasteiger partial charge on any atom is 0.123 e. The number of ether oxygens (including phenoxy) is 1. The molecule has 17 heavy (non-hydrogen) atoms. The van der Waals surface area contributed by atoms with Crippen LogP contribution in [0, 0.1) is 0 Å². The van der Waals surface area contributed by atoms with Crippen molar-refractivity contribution in [1.29, 1.82) is 0 Å². The van der Waals surface area contributed by atoms with E-state index in [9.17, 15) is 0 Å². The van der Waals surface area contributed by atoms with E-state index in [1.807, 2.05) is 37.8 Å². The third-order valence-corrected chi connectivity index (χ3v) is 2.69. The number of methoxy groups -OCH3 is 1. The van der Waals surface area contributed by atoms with Gasteiger partial charge in [0, 0.05) is 18.3 Å². The van der Waals surface area contributed by atoms with Crippen molar-refractivity contribution in [2.24, 2.45) is 0 Å². The van der Waals surface area contributed by atoms with E-state index in [1.165, 1.54) is 5.69 Å². The van der Waals surface area contributed by atoms with Gasteiger partial charge < -0.3 is 14.6 Å². The summed E-state index contributed by atoms with van der Waals surface area (Å²) in [6.45, 7) is 1.59. The number of rotatable bonds is 5. The highest BCUT2D eigenvalue weighted by molar-refractivity contribution is 5.33. The number of aromatic nitrogens is 2. The van der Waals surface area contributed by atoms with Gasteiger partial charge in [-0.05, 0) is 13.1 Å². The van der Waals surface area contributed by atoms with Crippen LogP contribution < -0.4 is 10.1 Å². The summed E-state index contributed by atoms with van der Waals surface area (Å²) in [5.74, 6) is 0.914. The Bertz CT molecular complexity index is 479.